The number of nitrogens with one attached hydrogen (secondary N) is 1. The SMILES string of the molecule is O=C1N[C@H]2CC[C@@H]1CN(C(=O)c1ccc(-c3cnc4cccc(F)c4c3)cc1)C2. The summed E-state index contributed by atoms with van der Waals surface area (Å²) >= 11 is 0. The Balaban J connectivity index is 1.39. The first-order valence-electron chi connectivity index (χ1n) is 9.83. The first kappa shape index (κ1) is 17.8. The van der Waals surface area contributed by atoms with Gasteiger partial charge in [0.2, 0.25) is 5.91 Å². The first-order chi connectivity index (χ1) is 14.1. The monoisotopic (exact) mass is 389 g/mol. The number of hydrogen-bond donors (Lipinski definition) is 1. The zero-order valence-corrected chi connectivity index (χ0v) is 15.8. The van der Waals surface area contributed by atoms with E-state index in [9.17, 15) is 14.0 Å². The van der Waals surface area contributed by atoms with Gasteiger partial charge in [-0.05, 0) is 48.7 Å². The number of carbonyl (C=O) groups is 2. The van der Waals surface area contributed by atoms with Crippen molar-refractivity contribution in [3.05, 3.63) is 66.1 Å². The van der Waals surface area contributed by atoms with E-state index >= 15 is 0 Å². The van der Waals surface area contributed by atoms with E-state index in [1.165, 1.54) is 6.07 Å². The van der Waals surface area contributed by atoms with Gasteiger partial charge in [-0.3, -0.25) is 14.6 Å². The molecule has 3 aliphatic rings. The van der Waals surface area contributed by atoms with Crippen molar-refractivity contribution in [1.82, 2.24) is 15.2 Å². The van der Waals surface area contributed by atoms with Crippen LogP contribution in [0.25, 0.3) is 22.0 Å². The summed E-state index contributed by atoms with van der Waals surface area (Å²) in [6.45, 7) is 1.02. The number of benzene rings is 2. The maximum absolute atomic E-state index is 14.1. The molecule has 0 aliphatic carbocycles. The summed E-state index contributed by atoms with van der Waals surface area (Å²) in [5.41, 5.74) is 2.86. The maximum Gasteiger partial charge on any atom is 0.253 e. The molecule has 0 saturated carbocycles. The second kappa shape index (κ2) is 6.95. The van der Waals surface area contributed by atoms with Gasteiger partial charge >= 0.3 is 0 Å². The molecule has 0 spiro atoms. The highest BCUT2D eigenvalue weighted by molar-refractivity contribution is 5.95. The standard InChI is InChI=1S/C23H20FN3O2/c24-20-2-1-3-21-19(20)10-17(11-25-21)14-4-6-15(7-5-14)23(29)27-12-16-8-9-18(13-27)26-22(16)28/h1-7,10-11,16,18H,8-9,12-13H2,(H,26,28)/t16-,18+/m1/s1. The number of hydrogen-bond acceptors (Lipinski definition) is 3. The van der Waals surface area contributed by atoms with Crippen molar-refractivity contribution in [2.75, 3.05) is 13.1 Å². The molecule has 6 heteroatoms. The number of halogens is 1. The fourth-order valence-corrected chi connectivity index (χ4v) is 4.27. The molecule has 29 heavy (non-hydrogen) atoms. The van der Waals surface area contributed by atoms with Crippen LogP contribution in [-0.2, 0) is 4.79 Å². The van der Waals surface area contributed by atoms with Crippen molar-refractivity contribution in [3.8, 4) is 11.1 Å². The van der Waals surface area contributed by atoms with E-state index in [0.29, 0.717) is 29.6 Å². The van der Waals surface area contributed by atoms with Crippen LogP contribution in [0.3, 0.4) is 0 Å². The van der Waals surface area contributed by atoms with Crippen LogP contribution in [0.15, 0.2) is 54.7 Å². The third-order valence-corrected chi connectivity index (χ3v) is 5.89. The molecule has 146 valence electrons. The molecule has 3 aromatic rings. The zero-order chi connectivity index (χ0) is 20.0. The van der Waals surface area contributed by atoms with Gasteiger partial charge in [0.1, 0.15) is 5.82 Å². The fraction of sp³-hybridized carbons (Fsp3) is 0.261. The molecule has 1 aromatic heterocycles. The molecule has 4 heterocycles. The van der Waals surface area contributed by atoms with E-state index in [1.807, 2.05) is 12.1 Å². The molecule has 2 amide bonds. The lowest BCUT2D eigenvalue weighted by atomic mass is 9.96. The number of fused-ring (bicyclic) bond motifs is 5. The van der Waals surface area contributed by atoms with Crippen molar-refractivity contribution in [1.29, 1.82) is 0 Å². The van der Waals surface area contributed by atoms with E-state index in [2.05, 4.69) is 10.3 Å². The normalized spacial score (nSPS) is 21.1. The van der Waals surface area contributed by atoms with Gasteiger partial charge in [0.15, 0.2) is 0 Å². The minimum atomic E-state index is -0.303. The lowest BCUT2D eigenvalue weighted by Gasteiger charge is -2.23. The Morgan fingerprint density at radius 3 is 2.69 bits per heavy atom. The summed E-state index contributed by atoms with van der Waals surface area (Å²) in [5.74, 6) is -0.422. The van der Waals surface area contributed by atoms with Gasteiger partial charge in [-0.2, -0.15) is 0 Å². The topological polar surface area (TPSA) is 62.3 Å². The number of piperidine rings is 1. The largest absolute Gasteiger partial charge is 0.351 e. The Morgan fingerprint density at radius 2 is 1.90 bits per heavy atom. The Hall–Kier alpha value is -3.28. The van der Waals surface area contributed by atoms with Crippen LogP contribution in [0.5, 0.6) is 0 Å². The molecule has 0 radical (unpaired) electrons. The summed E-state index contributed by atoms with van der Waals surface area (Å²) in [4.78, 5) is 31.1. The molecule has 2 atom stereocenters. The summed E-state index contributed by atoms with van der Waals surface area (Å²) < 4.78 is 14.1. The number of nitrogens with zero attached hydrogens (tertiary/aromatic N) is 2. The number of carbonyl (C=O) groups excluding carboxylic acids is 2. The van der Waals surface area contributed by atoms with Crippen molar-refractivity contribution >= 4 is 22.7 Å². The van der Waals surface area contributed by atoms with E-state index in [1.54, 1.807) is 41.4 Å². The number of amides is 2. The van der Waals surface area contributed by atoms with Crippen LogP contribution in [-0.4, -0.2) is 40.8 Å². The second-order valence-electron chi connectivity index (χ2n) is 7.80. The molecular weight excluding hydrogens is 369 g/mol. The van der Waals surface area contributed by atoms with Gasteiger partial charge in [-0.15, -0.1) is 0 Å². The lowest BCUT2D eigenvalue weighted by Crippen LogP contribution is -2.43. The van der Waals surface area contributed by atoms with Crippen LogP contribution in [0.4, 0.5) is 4.39 Å². The maximum atomic E-state index is 14.1. The summed E-state index contributed by atoms with van der Waals surface area (Å²) in [5, 5.41) is 3.47. The number of pyridine rings is 1. The third-order valence-electron chi connectivity index (χ3n) is 5.89. The molecule has 2 bridgehead atoms. The highest BCUT2D eigenvalue weighted by atomic mass is 19.1. The van der Waals surface area contributed by atoms with E-state index in [-0.39, 0.29) is 29.6 Å². The lowest BCUT2D eigenvalue weighted by molar-refractivity contribution is -0.126. The first-order valence-corrected chi connectivity index (χ1v) is 9.83. The molecule has 3 saturated heterocycles. The minimum Gasteiger partial charge on any atom is -0.351 e. The summed E-state index contributed by atoms with van der Waals surface area (Å²) in [6.07, 6.45) is 3.47. The van der Waals surface area contributed by atoms with Crippen LogP contribution >= 0.6 is 0 Å². The van der Waals surface area contributed by atoms with Crippen molar-refractivity contribution in [3.63, 3.8) is 0 Å². The molecule has 1 N–H and O–H groups in total. The third kappa shape index (κ3) is 3.24. The molecule has 3 aliphatic heterocycles. The predicted molar refractivity (Wildman–Crippen MR) is 108 cm³/mol. The van der Waals surface area contributed by atoms with Gasteiger partial charge in [-0.25, -0.2) is 4.39 Å². The molecule has 5 nitrogen and oxygen atoms in total. The Labute approximate surface area is 167 Å². The molecule has 3 fully saturated rings. The van der Waals surface area contributed by atoms with Gasteiger partial charge < -0.3 is 10.2 Å². The highest BCUT2D eigenvalue weighted by Gasteiger charge is 2.36. The number of rotatable bonds is 2. The van der Waals surface area contributed by atoms with Crippen molar-refractivity contribution in [2.45, 2.75) is 18.9 Å². The quantitative estimate of drug-likeness (QED) is 0.731. The average molecular weight is 389 g/mol. The molecule has 0 unspecified atom stereocenters. The van der Waals surface area contributed by atoms with Gasteiger partial charge in [0, 0.05) is 41.8 Å². The fourth-order valence-electron chi connectivity index (χ4n) is 4.27. The minimum absolute atomic E-state index is 0.0445. The zero-order valence-electron chi connectivity index (χ0n) is 15.8. The Kier molecular flexibility index (Phi) is 4.27. The van der Waals surface area contributed by atoms with Crippen LogP contribution in [0.1, 0.15) is 23.2 Å². The Morgan fingerprint density at radius 1 is 1.07 bits per heavy atom. The smallest absolute Gasteiger partial charge is 0.253 e. The average Bonchev–Trinajstić information content (AvgIpc) is 3.05. The van der Waals surface area contributed by atoms with Crippen LogP contribution < -0.4 is 5.32 Å². The van der Waals surface area contributed by atoms with Crippen LogP contribution in [0, 0.1) is 11.7 Å². The Bertz CT molecular complexity index is 1110. The molecule has 2 aromatic carbocycles. The van der Waals surface area contributed by atoms with E-state index in [0.717, 1.165) is 24.0 Å². The van der Waals surface area contributed by atoms with Gasteiger partial charge in [0.05, 0.1) is 11.4 Å². The van der Waals surface area contributed by atoms with Gasteiger partial charge in [0.25, 0.3) is 5.91 Å². The summed E-state index contributed by atoms with van der Waals surface area (Å²) in [7, 11) is 0. The number of aromatic nitrogens is 1. The molecular formula is C23H20FN3O2. The molecule has 6 rings (SSSR count). The van der Waals surface area contributed by atoms with Crippen molar-refractivity contribution < 1.29 is 14.0 Å². The predicted octanol–water partition coefficient (Wildman–Crippen LogP) is 3.39. The summed E-state index contributed by atoms with van der Waals surface area (Å²) in [6, 6.07) is 13.9. The second-order valence-corrected chi connectivity index (χ2v) is 7.80. The van der Waals surface area contributed by atoms with Crippen LogP contribution in [0.2, 0.25) is 0 Å². The highest BCUT2D eigenvalue weighted by Crippen LogP contribution is 2.26. The van der Waals surface area contributed by atoms with Crippen molar-refractivity contribution in [2.24, 2.45) is 5.92 Å². The van der Waals surface area contributed by atoms with E-state index in [4.69, 9.17) is 0 Å². The van der Waals surface area contributed by atoms with Gasteiger partial charge in [-0.1, -0.05) is 18.2 Å². The van der Waals surface area contributed by atoms with E-state index < -0.39 is 0 Å².